The molecule has 9 unspecified atom stereocenters. The van der Waals surface area contributed by atoms with Gasteiger partial charge < -0.3 is 41.1 Å². The third kappa shape index (κ3) is 15.9. The Morgan fingerprint density at radius 1 is 0.707 bits per heavy atom. The van der Waals surface area contributed by atoms with Crippen LogP contribution in [0.4, 0.5) is 40.3 Å². The molecule has 0 radical (unpaired) electrons. The van der Waals surface area contributed by atoms with Gasteiger partial charge in [-0.1, -0.05) is 38.5 Å². The van der Waals surface area contributed by atoms with Gasteiger partial charge in [-0.05, 0) is 70.6 Å². The van der Waals surface area contributed by atoms with E-state index in [1.54, 1.807) is 0 Å². The molecule has 40 heteroatoms. The van der Waals surface area contributed by atoms with Crippen molar-refractivity contribution < 1.29 is 155 Å². The molecule has 4 aromatic heterocycles. The van der Waals surface area contributed by atoms with Crippen LogP contribution in [0.3, 0.4) is 0 Å². The molecular formula is C42H52Li5N19O13S3. The van der Waals surface area contributed by atoms with Crippen molar-refractivity contribution in [3.8, 4) is 6.07 Å². The molecule has 5 fully saturated rings. The van der Waals surface area contributed by atoms with E-state index in [2.05, 4.69) is 65.7 Å². The average molecular weight is 1160 g/mol. The van der Waals surface area contributed by atoms with E-state index in [9.17, 15) is 51.6 Å². The molecule has 82 heavy (non-hydrogen) atoms. The maximum atomic E-state index is 13.8. The molecule has 4 aromatic rings. The van der Waals surface area contributed by atoms with Crippen LogP contribution in [0.25, 0.3) is 4.85 Å². The van der Waals surface area contributed by atoms with Crippen molar-refractivity contribution in [1.29, 1.82) is 5.26 Å². The number of carbonyl (C=O) groups excluding carboxylic acids is 1. The average Bonchev–Trinajstić information content (AvgIpc) is 4.42. The maximum absolute atomic E-state index is 13.8. The van der Waals surface area contributed by atoms with Crippen molar-refractivity contribution in [2.24, 2.45) is 26.4 Å². The fourth-order valence-corrected chi connectivity index (χ4v) is 13.9. The van der Waals surface area contributed by atoms with Gasteiger partial charge in [-0.3, -0.25) is 25.1 Å². The third-order valence-electron chi connectivity index (χ3n) is 14.9. The predicted octanol–water partition coefficient (Wildman–Crippen LogP) is -13.0. The molecule has 1 aliphatic heterocycles. The van der Waals surface area contributed by atoms with Gasteiger partial charge in [0, 0.05) is 29.1 Å². The Bertz CT molecular complexity index is 3200. The number of nitriles is 1. The van der Waals surface area contributed by atoms with Gasteiger partial charge in [-0.25, -0.2) is 41.0 Å². The minimum Gasteiger partial charge on any atom is -0.829 e. The van der Waals surface area contributed by atoms with Gasteiger partial charge in [-0.15, -0.1) is 20.5 Å². The van der Waals surface area contributed by atoms with Crippen molar-refractivity contribution in [2.75, 3.05) is 11.5 Å². The summed E-state index contributed by atoms with van der Waals surface area (Å²) in [6, 6.07) is 0.146. The number of hydrogen-bond acceptors (Lipinski definition) is 28. The van der Waals surface area contributed by atoms with E-state index < -0.39 is 85.3 Å². The Balaban J connectivity index is 0.00000289. The number of azo groups is 2. The van der Waals surface area contributed by atoms with E-state index >= 15 is 0 Å². The van der Waals surface area contributed by atoms with Gasteiger partial charge in [0.25, 0.3) is 5.69 Å². The minimum atomic E-state index is -4.96. The van der Waals surface area contributed by atoms with Gasteiger partial charge >= 0.3 is 100 Å². The molecule has 4 aliphatic carbocycles. The molecular weight excluding hydrogens is 1110 g/mol. The number of aromatic nitrogens is 8. The second kappa shape index (κ2) is 31.0. The van der Waals surface area contributed by atoms with Crippen LogP contribution in [0, 0.1) is 23.8 Å². The Morgan fingerprint density at radius 3 is 1.68 bits per heavy atom. The summed E-state index contributed by atoms with van der Waals surface area (Å²) in [5.41, 5.74) is 14.7. The normalized spacial score (nSPS) is 25.6. The molecule has 416 valence electrons. The van der Waals surface area contributed by atoms with Gasteiger partial charge in [0.15, 0.2) is 47.2 Å². The van der Waals surface area contributed by atoms with E-state index in [0.717, 1.165) is 44.7 Å². The summed E-state index contributed by atoms with van der Waals surface area (Å²) in [7, 11) is -9.77. The summed E-state index contributed by atoms with van der Waals surface area (Å²) in [4.78, 5) is 19.6. The van der Waals surface area contributed by atoms with E-state index in [0.29, 0.717) is 49.1 Å². The first-order chi connectivity index (χ1) is 36.9. The van der Waals surface area contributed by atoms with Gasteiger partial charge in [0.05, 0.1) is 79.1 Å². The summed E-state index contributed by atoms with van der Waals surface area (Å²) < 4.78 is 83.1. The topological polar surface area (TPSA) is 465 Å². The molecule has 4 saturated carbocycles. The summed E-state index contributed by atoms with van der Waals surface area (Å²) in [5, 5.41) is 90.7. The fraction of sp³-hybridized carbons (Fsp3) is 0.643. The first kappa shape index (κ1) is 71.4. The van der Waals surface area contributed by atoms with Gasteiger partial charge in [-0.2, -0.15) is 30.0 Å². The van der Waals surface area contributed by atoms with Crippen molar-refractivity contribution >= 4 is 78.6 Å². The molecule has 0 aromatic carbocycles. The zero-order valence-electron chi connectivity index (χ0n) is 45.8. The molecule has 1 saturated heterocycles. The van der Waals surface area contributed by atoms with Crippen molar-refractivity contribution in [3.63, 3.8) is 0 Å². The monoisotopic (exact) mass is 1160 g/mol. The SMILES string of the molecule is [C-]#[N+]c1cnn(C2CC(SOO[O-])CC(S(=O)(=O)[O-])C2)c1N=Nc1c(C2CCCCC2)nn(C2NC([O-])NC(n3nc(C4CCCCC4)c(N=Nc4c(C#N)cnn4C4CC(C(=O)O[O-])CC(S(=O)(=O)[O-])C4)c3N)N2)c1N.[Li+].[Li+].[Li+].[Li+].[Li+]. The Kier molecular flexibility index (Phi) is 27.0. The molecule has 0 spiro atoms. The van der Waals surface area contributed by atoms with Crippen LogP contribution in [0.15, 0.2) is 32.9 Å². The molecule has 5 heterocycles. The quantitative estimate of drug-likeness (QED) is 0.0132. The van der Waals surface area contributed by atoms with Crippen LogP contribution in [-0.4, -0.2) is 93.1 Å². The largest absolute Gasteiger partial charge is 1.00 e. The maximum Gasteiger partial charge on any atom is 1.00 e. The van der Waals surface area contributed by atoms with Crippen molar-refractivity contribution in [2.45, 2.75) is 161 Å². The Hall–Kier alpha value is -3.07. The van der Waals surface area contributed by atoms with E-state index in [1.807, 2.05) is 6.07 Å². The summed E-state index contributed by atoms with van der Waals surface area (Å²) in [6.45, 7) is 7.88. The molecule has 0 amide bonds. The number of rotatable bonds is 16. The van der Waals surface area contributed by atoms with Crippen LogP contribution in [-0.2, 0) is 39.3 Å². The van der Waals surface area contributed by atoms with Crippen LogP contribution < -0.4 is 137 Å². The van der Waals surface area contributed by atoms with E-state index in [-0.39, 0.29) is 184 Å². The summed E-state index contributed by atoms with van der Waals surface area (Å²) in [5.74, 6) is -3.22. The molecule has 9 atom stereocenters. The second-order valence-corrected chi connectivity index (χ2v) is 23.9. The summed E-state index contributed by atoms with van der Waals surface area (Å²) in [6.07, 6.45) is 5.48. The standard InChI is InChI=1S/C42H56N19O13S3.5Li/c1-46-30-20-48-59(26-14-27(75-74-73-65)17-29(16-26)77(69,70)71)38(30)55-53-34-32(22-10-6-3-7-11-22)57-61(36(34)45)41-49-40(50-42(63)51-41)60-35(44)33(31(56-60)21-8-4-2-5-9-21)52-54-37-24(18-43)19-47-58(37)25-12-23(39(62)72-64)13-28(15-25)76(66,67)68;;;;;/h19-23,25-29,40-42,49-51,64-65H,2-17,44-45H2,(H,66,67,68)(H,69,70,71);;;;;/q-1;5*+1/p-4. The predicted molar refractivity (Wildman–Crippen MR) is 256 cm³/mol. The smallest absolute Gasteiger partial charge is 0.829 e. The number of nitrogens with one attached hydrogen (secondary N) is 3. The Labute approximate surface area is 535 Å². The minimum absolute atomic E-state index is 0. The number of anilines is 2. The molecule has 0 bridgehead atoms. The molecule has 5 aliphatic rings. The number of nitrogen functional groups attached to an aromatic ring is 2. The zero-order chi connectivity index (χ0) is 54.8. The van der Waals surface area contributed by atoms with Crippen LogP contribution >= 0.6 is 12.0 Å². The van der Waals surface area contributed by atoms with E-state index in [4.69, 9.17) is 28.2 Å². The molecule has 9 rings (SSSR count). The second-order valence-electron chi connectivity index (χ2n) is 19.6. The van der Waals surface area contributed by atoms with Crippen molar-refractivity contribution in [3.05, 3.63) is 40.8 Å². The summed E-state index contributed by atoms with van der Waals surface area (Å²) >= 11 is 0.564. The Morgan fingerprint density at radius 2 is 1.20 bits per heavy atom. The van der Waals surface area contributed by atoms with Crippen LogP contribution in [0.5, 0.6) is 0 Å². The number of carbonyl (C=O) groups is 1. The van der Waals surface area contributed by atoms with Crippen LogP contribution in [0.1, 0.15) is 156 Å². The first-order valence-electron chi connectivity index (χ1n) is 24.7. The third-order valence-corrected chi connectivity index (χ3v) is 18.1. The first-order valence-corrected chi connectivity index (χ1v) is 28.5. The molecule has 32 nitrogen and oxygen atoms in total. The van der Waals surface area contributed by atoms with E-state index in [1.165, 1.54) is 24.9 Å². The number of nitrogens with two attached hydrogens (primary N) is 2. The molecule has 7 N–H and O–H groups in total. The number of nitrogens with zero attached hydrogens (tertiary/aromatic N) is 14. The van der Waals surface area contributed by atoms with Gasteiger partial charge in [0.2, 0.25) is 0 Å². The van der Waals surface area contributed by atoms with Crippen molar-refractivity contribution in [1.82, 2.24) is 55.1 Å². The fourth-order valence-electron chi connectivity index (χ4n) is 11.2. The van der Waals surface area contributed by atoms with Crippen LogP contribution in [0.2, 0.25) is 0 Å². The number of hydrogen-bond donors (Lipinski definition) is 5. The van der Waals surface area contributed by atoms with Gasteiger partial charge in [0.1, 0.15) is 11.6 Å². The zero-order valence-corrected chi connectivity index (χ0v) is 48.2.